The van der Waals surface area contributed by atoms with Crippen molar-refractivity contribution in [1.29, 1.82) is 0 Å². The number of alkyl carbamates (subject to hydrolysis) is 1. The smallest absolute Gasteiger partial charge is 0.449 e. The Bertz CT molecular complexity index is 1440. The molecule has 0 spiro atoms. The molecule has 8 heteroatoms. The number of ketones is 1. The fourth-order valence-corrected chi connectivity index (χ4v) is 5.09. The number of carbonyl (C=O) groups excluding carboxylic acids is 2. The van der Waals surface area contributed by atoms with E-state index >= 15 is 0 Å². The Kier molecular flexibility index (Phi) is 7.42. The maximum absolute atomic E-state index is 14.8. The van der Waals surface area contributed by atoms with Crippen molar-refractivity contribution in [3.05, 3.63) is 100 Å². The lowest BCUT2D eigenvalue weighted by molar-refractivity contribution is 0.00578. The van der Waals surface area contributed by atoms with Gasteiger partial charge in [0.2, 0.25) is 0 Å². The predicted molar refractivity (Wildman–Crippen MR) is 154 cm³/mol. The minimum absolute atomic E-state index is 0.00274. The van der Waals surface area contributed by atoms with Crippen LogP contribution in [0.2, 0.25) is 0 Å². The molecule has 0 bridgehead atoms. The van der Waals surface area contributed by atoms with Crippen molar-refractivity contribution in [1.82, 2.24) is 5.32 Å². The molecule has 0 aromatic heterocycles. The Morgan fingerprint density at radius 1 is 0.950 bits per heavy atom. The average molecular weight is 541 g/mol. The second-order valence-electron chi connectivity index (χ2n) is 11.3. The third-order valence-electron chi connectivity index (χ3n) is 8.08. The van der Waals surface area contributed by atoms with Gasteiger partial charge in [0.05, 0.1) is 11.2 Å². The average Bonchev–Trinajstić information content (AvgIpc) is 3.35. The fraction of sp³-hybridized carbons (Fsp3) is 0.312. The van der Waals surface area contributed by atoms with Crippen LogP contribution in [0.5, 0.6) is 0 Å². The molecule has 1 fully saturated rings. The van der Waals surface area contributed by atoms with Crippen molar-refractivity contribution in [2.75, 3.05) is 13.2 Å². The highest BCUT2D eigenvalue weighted by molar-refractivity contribution is 6.56. The van der Waals surface area contributed by atoms with Crippen molar-refractivity contribution < 1.29 is 28.0 Å². The molecule has 1 heterocycles. The molecule has 3 aromatic carbocycles. The molecule has 1 N–H and O–H groups in total. The normalized spacial score (nSPS) is 17.4. The fourth-order valence-electron chi connectivity index (χ4n) is 5.09. The molecule has 0 unspecified atom stereocenters. The SMILES string of the molecule is CC(=O)c1ccc(F)c(C=C(CNC(=O)OCC2c3ccccc3-c3ccccc32)B2OC(C)(C)C(C)(C)O2)c1. The van der Waals surface area contributed by atoms with E-state index in [1.54, 1.807) is 6.08 Å². The number of carbonyl (C=O) groups is 2. The summed E-state index contributed by atoms with van der Waals surface area (Å²) in [5, 5.41) is 2.78. The summed E-state index contributed by atoms with van der Waals surface area (Å²) in [7, 11) is -0.834. The number of hydrogen-bond donors (Lipinski definition) is 1. The van der Waals surface area contributed by atoms with E-state index in [0.717, 1.165) is 22.3 Å². The highest BCUT2D eigenvalue weighted by atomic mass is 19.1. The van der Waals surface area contributed by atoms with E-state index in [9.17, 15) is 14.0 Å². The number of ether oxygens (including phenoxy) is 1. The van der Waals surface area contributed by atoms with Crippen LogP contribution in [0.15, 0.2) is 72.2 Å². The van der Waals surface area contributed by atoms with Crippen molar-refractivity contribution in [2.24, 2.45) is 0 Å². The summed E-state index contributed by atoms with van der Waals surface area (Å²) >= 11 is 0. The Hall–Kier alpha value is -3.75. The lowest BCUT2D eigenvalue weighted by Gasteiger charge is -2.32. The van der Waals surface area contributed by atoms with E-state index in [0.29, 0.717) is 11.0 Å². The molecular weight excluding hydrogens is 508 g/mol. The van der Waals surface area contributed by atoms with Crippen LogP contribution in [0.1, 0.15) is 67.6 Å². The molecule has 1 amide bonds. The molecule has 3 aromatic rings. The van der Waals surface area contributed by atoms with E-state index < -0.39 is 30.2 Å². The summed E-state index contributed by atoms with van der Waals surface area (Å²) in [5.74, 6) is -0.747. The molecule has 2 aliphatic rings. The Morgan fingerprint density at radius 2 is 1.52 bits per heavy atom. The van der Waals surface area contributed by atoms with Crippen molar-refractivity contribution in [2.45, 2.75) is 51.7 Å². The van der Waals surface area contributed by atoms with Gasteiger partial charge >= 0.3 is 13.2 Å². The maximum atomic E-state index is 14.8. The van der Waals surface area contributed by atoms with E-state index in [-0.39, 0.29) is 30.4 Å². The molecule has 1 aliphatic heterocycles. The van der Waals surface area contributed by atoms with Crippen LogP contribution in [0.4, 0.5) is 9.18 Å². The second-order valence-corrected chi connectivity index (χ2v) is 11.3. The van der Waals surface area contributed by atoms with Gasteiger partial charge in [-0.25, -0.2) is 9.18 Å². The molecule has 206 valence electrons. The highest BCUT2D eigenvalue weighted by Gasteiger charge is 2.52. The molecule has 1 aliphatic carbocycles. The monoisotopic (exact) mass is 541 g/mol. The topological polar surface area (TPSA) is 73.9 Å². The summed E-state index contributed by atoms with van der Waals surface area (Å²) in [6.07, 6.45) is 0.954. The van der Waals surface area contributed by atoms with Gasteiger partial charge in [-0.2, -0.15) is 0 Å². The number of Topliss-reactive ketones (excluding diaryl/α,β-unsaturated/α-hetero) is 1. The molecule has 1 saturated heterocycles. The molecular formula is C32H33BFNO5. The van der Waals surface area contributed by atoms with Gasteiger partial charge < -0.3 is 19.4 Å². The van der Waals surface area contributed by atoms with Crippen LogP contribution in [-0.4, -0.2) is 43.3 Å². The number of benzene rings is 3. The lowest BCUT2D eigenvalue weighted by Crippen LogP contribution is -2.41. The van der Waals surface area contributed by atoms with Gasteiger partial charge in [0.15, 0.2) is 5.78 Å². The number of rotatable bonds is 7. The van der Waals surface area contributed by atoms with Gasteiger partial charge in [0.1, 0.15) is 12.4 Å². The minimum atomic E-state index is -0.834. The first-order valence-electron chi connectivity index (χ1n) is 13.4. The van der Waals surface area contributed by atoms with E-state index in [1.807, 2.05) is 52.0 Å². The Morgan fingerprint density at radius 3 is 2.10 bits per heavy atom. The number of amides is 1. The lowest BCUT2D eigenvalue weighted by atomic mass is 9.77. The van der Waals surface area contributed by atoms with Gasteiger partial charge in [-0.15, -0.1) is 0 Å². The predicted octanol–water partition coefficient (Wildman–Crippen LogP) is 6.58. The third kappa shape index (κ3) is 5.34. The van der Waals surface area contributed by atoms with Crippen LogP contribution < -0.4 is 5.32 Å². The highest BCUT2D eigenvalue weighted by Crippen LogP contribution is 2.44. The number of nitrogens with one attached hydrogen (secondary N) is 1. The van der Waals surface area contributed by atoms with Crippen LogP contribution >= 0.6 is 0 Å². The van der Waals surface area contributed by atoms with Crippen molar-refractivity contribution >= 4 is 25.1 Å². The molecule has 0 atom stereocenters. The summed E-state index contributed by atoms with van der Waals surface area (Å²) in [6.45, 7) is 9.26. The summed E-state index contributed by atoms with van der Waals surface area (Å²) in [5.41, 5.74) is 4.33. The molecule has 6 nitrogen and oxygen atoms in total. The molecule has 40 heavy (non-hydrogen) atoms. The Balaban J connectivity index is 1.34. The zero-order valence-electron chi connectivity index (χ0n) is 23.4. The number of halogens is 1. The summed E-state index contributed by atoms with van der Waals surface area (Å²) < 4.78 is 32.8. The molecule has 5 rings (SSSR count). The number of fused-ring (bicyclic) bond motifs is 3. The molecule has 0 saturated carbocycles. The quantitative estimate of drug-likeness (QED) is 0.270. The zero-order chi connectivity index (χ0) is 28.7. The van der Waals surface area contributed by atoms with Gasteiger partial charge in [0, 0.05) is 23.6 Å². The largest absolute Gasteiger partial charge is 0.492 e. The van der Waals surface area contributed by atoms with E-state index in [2.05, 4.69) is 29.6 Å². The first-order valence-corrected chi connectivity index (χ1v) is 13.4. The van der Waals surface area contributed by atoms with Gasteiger partial charge in [-0.1, -0.05) is 54.6 Å². The van der Waals surface area contributed by atoms with Crippen LogP contribution in [0.25, 0.3) is 17.2 Å². The van der Waals surface area contributed by atoms with Crippen LogP contribution in [-0.2, 0) is 14.0 Å². The van der Waals surface area contributed by atoms with Gasteiger partial charge in [0.25, 0.3) is 0 Å². The first kappa shape index (κ1) is 27.8. The van der Waals surface area contributed by atoms with E-state index in [4.69, 9.17) is 14.0 Å². The van der Waals surface area contributed by atoms with Crippen LogP contribution in [0.3, 0.4) is 0 Å². The van der Waals surface area contributed by atoms with Crippen molar-refractivity contribution in [3.8, 4) is 11.1 Å². The molecule has 0 radical (unpaired) electrons. The van der Waals surface area contributed by atoms with Crippen LogP contribution in [0, 0.1) is 5.82 Å². The second kappa shape index (κ2) is 10.7. The zero-order valence-corrected chi connectivity index (χ0v) is 23.4. The summed E-state index contributed by atoms with van der Waals surface area (Å²) in [6, 6.07) is 20.4. The van der Waals surface area contributed by atoms with Gasteiger partial charge in [-0.3, -0.25) is 4.79 Å². The Labute approximate surface area is 234 Å². The summed E-state index contributed by atoms with van der Waals surface area (Å²) in [4.78, 5) is 24.8. The third-order valence-corrected chi connectivity index (χ3v) is 8.08. The minimum Gasteiger partial charge on any atom is -0.449 e. The first-order chi connectivity index (χ1) is 19.0. The van der Waals surface area contributed by atoms with E-state index in [1.165, 1.54) is 25.1 Å². The maximum Gasteiger partial charge on any atom is 0.492 e. The standard InChI is InChI=1S/C32H33BFNO5/c1-20(36)21-14-15-29(34)22(16-21)17-23(33-39-31(2,3)32(4,5)40-33)18-35-30(37)38-19-28-26-12-8-6-10-24(26)25-11-7-9-13-27(25)28/h6-17,28H,18-19H2,1-5H3,(H,35,37). The number of hydrogen-bond acceptors (Lipinski definition) is 5. The van der Waals surface area contributed by atoms with Gasteiger partial charge in [-0.05, 0) is 80.5 Å². The van der Waals surface area contributed by atoms with Crippen molar-refractivity contribution in [3.63, 3.8) is 0 Å².